The molecule has 0 amide bonds. The molecule has 3 aromatic carbocycles. The molecule has 0 aliphatic carbocycles. The Morgan fingerprint density at radius 1 is 1.02 bits per heavy atom. The number of carboxylic acids is 1. The minimum absolute atomic E-state index is 0.157. The molecule has 2 heterocycles. The molecule has 1 atom stereocenters. The molecular formula is C31H24F4N2O4SSe. The molecule has 0 radical (unpaired) electrons. The molecule has 1 unspecified atom stereocenters. The maximum atomic E-state index is 13.4. The summed E-state index contributed by atoms with van der Waals surface area (Å²) in [6.45, 7) is 3.27. The van der Waals surface area contributed by atoms with Gasteiger partial charge in [-0.3, -0.25) is 0 Å². The number of carbonyl (C=O) groups is 1. The Balaban J connectivity index is 1.45. The van der Waals surface area contributed by atoms with Gasteiger partial charge in [0.1, 0.15) is 0 Å². The predicted octanol–water partition coefficient (Wildman–Crippen LogP) is 7.77. The van der Waals surface area contributed by atoms with Crippen LogP contribution in [-0.2, 0) is 17.4 Å². The van der Waals surface area contributed by atoms with Crippen molar-refractivity contribution in [3.63, 3.8) is 0 Å². The molecule has 5 aromatic rings. The minimum atomic E-state index is -4.42. The van der Waals surface area contributed by atoms with Crippen molar-refractivity contribution >= 4 is 32.2 Å². The van der Waals surface area contributed by atoms with Crippen LogP contribution in [-0.4, -0.2) is 42.3 Å². The summed E-state index contributed by atoms with van der Waals surface area (Å²) in [5.74, 6) is -0.349. The quantitative estimate of drug-likeness (QED) is 0.0920. The molecule has 0 saturated heterocycles. The van der Waals surface area contributed by atoms with Crippen molar-refractivity contribution < 1.29 is 36.7 Å². The summed E-state index contributed by atoms with van der Waals surface area (Å²) in [5.41, 5.74) is 2.77. The van der Waals surface area contributed by atoms with Gasteiger partial charge in [-0.05, 0) is 0 Å². The first-order chi connectivity index (χ1) is 20.5. The number of benzene rings is 3. The number of thioether (sulfide) groups is 1. The number of rotatable bonds is 10. The average molecular weight is 676 g/mol. The van der Waals surface area contributed by atoms with E-state index < -0.39 is 24.3 Å². The topological polar surface area (TPSA) is 85.5 Å². The van der Waals surface area contributed by atoms with Crippen molar-refractivity contribution in [2.45, 2.75) is 36.6 Å². The predicted molar refractivity (Wildman–Crippen MR) is 155 cm³/mol. The Morgan fingerprint density at radius 3 is 2.37 bits per heavy atom. The first-order valence-electron chi connectivity index (χ1n) is 12.9. The Kier molecular flexibility index (Phi) is 9.10. The van der Waals surface area contributed by atoms with Crippen molar-refractivity contribution in [3.8, 4) is 27.1 Å². The second-order valence-electron chi connectivity index (χ2n) is 9.65. The fourth-order valence-corrected chi connectivity index (χ4v) is 8.34. The van der Waals surface area contributed by atoms with Crippen LogP contribution < -0.4 is 4.74 Å². The third-order valence-electron chi connectivity index (χ3n) is 6.45. The summed E-state index contributed by atoms with van der Waals surface area (Å²) in [7, 11) is 0. The standard InChI is InChI=1S/C31H24F4N2O4SSe/c1-17-13-24(11-12-26(17)40-16-28(38)39)42-27(15-23-14-25(37-41-23)19-5-9-22(32)10-6-19)29-18(2)36-30(43-29)20-3-7-21(8-4-20)31(33,34)35/h3-14,27H,15-16H2,1-2H3,(H,38,39). The fraction of sp³-hybridized carbons (Fsp3) is 0.194. The number of hydrogen-bond donors (Lipinski definition) is 1. The van der Waals surface area contributed by atoms with E-state index in [1.807, 2.05) is 32.0 Å². The summed E-state index contributed by atoms with van der Waals surface area (Å²) < 4.78 is 65.5. The zero-order valence-corrected chi connectivity index (χ0v) is 25.3. The van der Waals surface area contributed by atoms with Crippen LogP contribution in [0.25, 0.3) is 21.4 Å². The first kappa shape index (κ1) is 30.6. The Labute approximate surface area is 254 Å². The molecule has 1 N–H and O–H groups in total. The average Bonchev–Trinajstić information content (AvgIpc) is 3.59. The van der Waals surface area contributed by atoms with Crippen LogP contribution in [0, 0.1) is 19.7 Å². The van der Waals surface area contributed by atoms with Crippen molar-refractivity contribution in [1.82, 2.24) is 10.1 Å². The zero-order valence-electron chi connectivity index (χ0n) is 22.8. The van der Waals surface area contributed by atoms with E-state index in [1.54, 1.807) is 30.0 Å². The molecule has 43 heavy (non-hydrogen) atoms. The molecule has 0 bridgehead atoms. The number of nitrogens with zero attached hydrogens (tertiary/aromatic N) is 2. The number of alkyl halides is 3. The molecule has 2 aromatic heterocycles. The monoisotopic (exact) mass is 676 g/mol. The van der Waals surface area contributed by atoms with Gasteiger partial charge in [-0.2, -0.15) is 0 Å². The zero-order chi connectivity index (χ0) is 30.7. The van der Waals surface area contributed by atoms with E-state index in [-0.39, 0.29) is 25.6 Å². The number of aryl methyl sites for hydroxylation is 2. The van der Waals surface area contributed by atoms with Gasteiger partial charge < -0.3 is 0 Å². The molecule has 12 heteroatoms. The van der Waals surface area contributed by atoms with Crippen LogP contribution in [0.1, 0.15) is 32.3 Å². The summed E-state index contributed by atoms with van der Waals surface area (Å²) in [6, 6.07) is 18.3. The molecule has 0 aliphatic heterocycles. The van der Waals surface area contributed by atoms with Crippen LogP contribution in [0.3, 0.4) is 0 Å². The van der Waals surface area contributed by atoms with E-state index >= 15 is 0 Å². The number of aliphatic carboxylic acids is 1. The van der Waals surface area contributed by atoms with Crippen molar-refractivity contribution in [1.29, 1.82) is 0 Å². The Hall–Kier alpha value is -3.86. The molecule has 0 aliphatic rings. The summed E-state index contributed by atoms with van der Waals surface area (Å²) in [5, 5.41) is 13.0. The van der Waals surface area contributed by atoms with Crippen LogP contribution >= 0.6 is 11.8 Å². The van der Waals surface area contributed by atoms with E-state index in [0.717, 1.165) is 37.3 Å². The van der Waals surface area contributed by atoms with Gasteiger partial charge >= 0.3 is 255 Å². The van der Waals surface area contributed by atoms with Gasteiger partial charge in [-0.15, -0.1) is 0 Å². The van der Waals surface area contributed by atoms with Gasteiger partial charge in [0.15, 0.2) is 0 Å². The number of aromatic nitrogens is 2. The van der Waals surface area contributed by atoms with Gasteiger partial charge in [-0.25, -0.2) is 0 Å². The third-order valence-corrected chi connectivity index (χ3v) is 10.8. The molecule has 6 nitrogen and oxygen atoms in total. The molecule has 0 spiro atoms. The van der Waals surface area contributed by atoms with Gasteiger partial charge in [0.05, 0.1) is 0 Å². The molecular weight excluding hydrogens is 651 g/mol. The van der Waals surface area contributed by atoms with E-state index in [0.29, 0.717) is 34.8 Å². The van der Waals surface area contributed by atoms with E-state index in [1.165, 1.54) is 24.3 Å². The Morgan fingerprint density at radius 2 is 1.72 bits per heavy atom. The number of hydrogen-bond acceptors (Lipinski definition) is 6. The summed E-state index contributed by atoms with van der Waals surface area (Å²) in [4.78, 5) is 16.6. The maximum absolute atomic E-state index is 13.4. The normalized spacial score (nSPS) is 12.3. The molecule has 5 rings (SSSR count). The van der Waals surface area contributed by atoms with Crippen molar-refractivity contribution in [3.05, 3.63) is 106 Å². The summed E-state index contributed by atoms with van der Waals surface area (Å²) >= 11 is 1.29. The SMILES string of the molecule is Cc1cc(SC(Cc2cc(-c3ccc(F)cc3)no2)c2[se]c(-c3ccc(C(F)(F)F)cc3)nc2C)ccc1OCC(=O)O. The van der Waals surface area contributed by atoms with Crippen molar-refractivity contribution in [2.24, 2.45) is 0 Å². The van der Waals surface area contributed by atoms with Gasteiger partial charge in [0.2, 0.25) is 0 Å². The molecule has 222 valence electrons. The first-order valence-corrected chi connectivity index (χ1v) is 15.5. The van der Waals surface area contributed by atoms with E-state index in [9.17, 15) is 22.4 Å². The van der Waals surface area contributed by atoms with Crippen LogP contribution in [0.2, 0.25) is 0 Å². The number of halogens is 4. The van der Waals surface area contributed by atoms with Crippen LogP contribution in [0.5, 0.6) is 5.75 Å². The second-order valence-corrected chi connectivity index (χ2v) is 13.1. The summed E-state index contributed by atoms with van der Waals surface area (Å²) in [6.07, 6.45) is -3.97. The number of carboxylic acid groups (broad SMARTS) is 1. The van der Waals surface area contributed by atoms with Crippen LogP contribution in [0.4, 0.5) is 17.6 Å². The number of ether oxygens (including phenoxy) is 1. The fourth-order valence-electron chi connectivity index (χ4n) is 4.33. The van der Waals surface area contributed by atoms with Crippen molar-refractivity contribution in [2.75, 3.05) is 6.61 Å². The van der Waals surface area contributed by atoms with E-state index in [2.05, 4.69) is 5.16 Å². The van der Waals surface area contributed by atoms with Crippen LogP contribution in [0.15, 0.2) is 82.2 Å². The third kappa shape index (κ3) is 7.57. The molecule has 0 saturated carbocycles. The second kappa shape index (κ2) is 12.8. The van der Waals surface area contributed by atoms with Gasteiger partial charge in [-0.1, -0.05) is 0 Å². The van der Waals surface area contributed by atoms with Gasteiger partial charge in [0.25, 0.3) is 0 Å². The van der Waals surface area contributed by atoms with E-state index in [4.69, 9.17) is 19.4 Å². The Bertz CT molecular complexity index is 1730. The van der Waals surface area contributed by atoms with Gasteiger partial charge in [0, 0.05) is 0 Å². The molecule has 0 fully saturated rings.